The number of rotatable bonds is 5. The zero-order valence-corrected chi connectivity index (χ0v) is 13.4. The van der Waals surface area contributed by atoms with E-state index >= 15 is 0 Å². The van der Waals surface area contributed by atoms with Gasteiger partial charge in [0, 0.05) is 12.1 Å². The lowest BCUT2D eigenvalue weighted by Gasteiger charge is -2.24. The molecule has 3 nitrogen and oxygen atoms in total. The van der Waals surface area contributed by atoms with Crippen LogP contribution in [0.3, 0.4) is 0 Å². The first-order valence-corrected chi connectivity index (χ1v) is 7.80. The molecule has 1 aromatic heterocycles. The van der Waals surface area contributed by atoms with Crippen LogP contribution in [0.2, 0.25) is 0 Å². The van der Waals surface area contributed by atoms with Gasteiger partial charge in [0.25, 0.3) is 5.91 Å². The van der Waals surface area contributed by atoms with E-state index in [-0.39, 0.29) is 12.5 Å². The van der Waals surface area contributed by atoms with Gasteiger partial charge in [0.05, 0.1) is 0 Å². The average Bonchev–Trinajstić information content (AvgIpc) is 2.83. The Bertz CT molecular complexity index is 486. The predicted octanol–water partition coefficient (Wildman–Crippen LogP) is 2.75. The lowest BCUT2D eigenvalue weighted by molar-refractivity contribution is 0.0941. The Morgan fingerprint density at radius 1 is 1.35 bits per heavy atom. The standard InChI is InChI=1S/C16H23NO2S/c1-11(2)14(12(3)4)10-17-16(19)15-13(6-5-8-18)7-9-20-15/h7,9,11-12,14,18H,8,10H2,1-4H3,(H,17,19). The van der Waals surface area contributed by atoms with Crippen molar-refractivity contribution in [3.8, 4) is 11.8 Å². The molecule has 0 aliphatic carbocycles. The van der Waals surface area contributed by atoms with Crippen LogP contribution in [-0.2, 0) is 0 Å². The SMILES string of the molecule is CC(C)C(CNC(=O)c1sccc1C#CCO)C(C)C. The lowest BCUT2D eigenvalue weighted by atomic mass is 9.85. The van der Waals surface area contributed by atoms with Crippen molar-refractivity contribution in [2.24, 2.45) is 17.8 Å². The zero-order valence-electron chi connectivity index (χ0n) is 12.6. The number of hydrogen-bond donors (Lipinski definition) is 2. The molecule has 20 heavy (non-hydrogen) atoms. The van der Waals surface area contributed by atoms with E-state index in [0.717, 1.165) is 0 Å². The van der Waals surface area contributed by atoms with Gasteiger partial charge in [0.1, 0.15) is 11.5 Å². The summed E-state index contributed by atoms with van der Waals surface area (Å²) in [6.07, 6.45) is 0. The number of aliphatic hydroxyl groups is 1. The lowest BCUT2D eigenvalue weighted by Crippen LogP contribution is -2.33. The molecule has 0 saturated heterocycles. The molecule has 0 atom stereocenters. The molecule has 4 heteroatoms. The van der Waals surface area contributed by atoms with Crippen molar-refractivity contribution in [2.45, 2.75) is 27.7 Å². The summed E-state index contributed by atoms with van der Waals surface area (Å²) in [5, 5.41) is 13.6. The molecule has 1 amide bonds. The molecular weight excluding hydrogens is 270 g/mol. The van der Waals surface area contributed by atoms with Gasteiger partial charge in [-0.3, -0.25) is 4.79 Å². The summed E-state index contributed by atoms with van der Waals surface area (Å²) in [6.45, 7) is 9.21. The molecule has 0 fully saturated rings. The highest BCUT2D eigenvalue weighted by Gasteiger charge is 2.19. The fraction of sp³-hybridized carbons (Fsp3) is 0.562. The average molecular weight is 293 g/mol. The molecule has 0 aromatic carbocycles. The molecule has 0 spiro atoms. The first-order valence-electron chi connectivity index (χ1n) is 6.92. The van der Waals surface area contributed by atoms with Gasteiger partial charge in [-0.2, -0.15) is 0 Å². The number of hydrogen-bond acceptors (Lipinski definition) is 3. The summed E-state index contributed by atoms with van der Waals surface area (Å²) < 4.78 is 0. The van der Waals surface area contributed by atoms with E-state index in [9.17, 15) is 4.79 Å². The van der Waals surface area contributed by atoms with Crippen molar-refractivity contribution in [1.82, 2.24) is 5.32 Å². The maximum Gasteiger partial charge on any atom is 0.262 e. The van der Waals surface area contributed by atoms with Crippen molar-refractivity contribution in [3.05, 3.63) is 21.9 Å². The number of carbonyl (C=O) groups is 1. The predicted molar refractivity (Wildman–Crippen MR) is 83.8 cm³/mol. The molecule has 0 aliphatic heterocycles. The number of nitrogens with one attached hydrogen (secondary N) is 1. The van der Waals surface area contributed by atoms with Crippen LogP contribution in [0, 0.1) is 29.6 Å². The molecule has 0 radical (unpaired) electrons. The van der Waals surface area contributed by atoms with Crippen molar-refractivity contribution in [3.63, 3.8) is 0 Å². The largest absolute Gasteiger partial charge is 0.384 e. The van der Waals surface area contributed by atoms with E-state index in [1.807, 2.05) is 11.4 Å². The Morgan fingerprint density at radius 3 is 2.55 bits per heavy atom. The highest BCUT2D eigenvalue weighted by molar-refractivity contribution is 7.12. The molecular formula is C16H23NO2S. The van der Waals surface area contributed by atoms with Crippen LogP contribution in [0.1, 0.15) is 42.9 Å². The van der Waals surface area contributed by atoms with Crippen molar-refractivity contribution in [1.29, 1.82) is 0 Å². The highest BCUT2D eigenvalue weighted by Crippen LogP contribution is 2.20. The maximum atomic E-state index is 12.2. The Kier molecular flexibility index (Phi) is 6.77. The Balaban J connectivity index is 2.70. The quantitative estimate of drug-likeness (QED) is 0.820. The molecule has 0 bridgehead atoms. The van der Waals surface area contributed by atoms with Crippen LogP contribution in [0.4, 0.5) is 0 Å². The Hall–Kier alpha value is -1.31. The van der Waals surface area contributed by atoms with E-state index in [4.69, 9.17) is 5.11 Å². The molecule has 1 rings (SSSR count). The first kappa shape index (κ1) is 16.7. The van der Waals surface area contributed by atoms with E-state index in [1.54, 1.807) is 0 Å². The third-order valence-corrected chi connectivity index (χ3v) is 4.30. The summed E-state index contributed by atoms with van der Waals surface area (Å²) in [5.74, 6) is 6.84. The van der Waals surface area contributed by atoms with Gasteiger partial charge in [-0.1, -0.05) is 39.5 Å². The molecule has 1 heterocycles. The molecule has 110 valence electrons. The van der Waals surface area contributed by atoms with Crippen LogP contribution in [-0.4, -0.2) is 24.2 Å². The van der Waals surface area contributed by atoms with Gasteiger partial charge in [0.2, 0.25) is 0 Å². The van der Waals surface area contributed by atoms with E-state index in [1.165, 1.54) is 11.3 Å². The van der Waals surface area contributed by atoms with Crippen LogP contribution in [0.25, 0.3) is 0 Å². The summed E-state index contributed by atoms with van der Waals surface area (Å²) in [4.78, 5) is 12.8. The second-order valence-corrected chi connectivity index (χ2v) is 6.40. The van der Waals surface area contributed by atoms with Crippen LogP contribution in [0.5, 0.6) is 0 Å². The minimum atomic E-state index is -0.195. The summed E-state index contributed by atoms with van der Waals surface area (Å²) >= 11 is 1.38. The number of thiophene rings is 1. The highest BCUT2D eigenvalue weighted by atomic mass is 32.1. The number of carbonyl (C=O) groups excluding carboxylic acids is 1. The van der Waals surface area contributed by atoms with E-state index in [0.29, 0.717) is 34.7 Å². The van der Waals surface area contributed by atoms with Crippen molar-refractivity contribution < 1.29 is 9.90 Å². The fourth-order valence-corrected chi connectivity index (χ4v) is 3.02. The molecule has 0 unspecified atom stereocenters. The summed E-state index contributed by atoms with van der Waals surface area (Å²) in [7, 11) is 0. The number of aliphatic hydroxyl groups excluding tert-OH is 1. The van der Waals surface area contributed by atoms with E-state index < -0.39 is 0 Å². The smallest absolute Gasteiger partial charge is 0.262 e. The zero-order chi connectivity index (χ0) is 15.1. The normalized spacial score (nSPS) is 10.8. The van der Waals surface area contributed by atoms with Gasteiger partial charge in [0.15, 0.2) is 0 Å². The van der Waals surface area contributed by atoms with Gasteiger partial charge < -0.3 is 10.4 Å². The van der Waals surface area contributed by atoms with Gasteiger partial charge >= 0.3 is 0 Å². The van der Waals surface area contributed by atoms with Crippen LogP contribution < -0.4 is 5.32 Å². The second kappa shape index (κ2) is 8.08. The topological polar surface area (TPSA) is 49.3 Å². The molecule has 2 N–H and O–H groups in total. The third kappa shape index (κ3) is 4.66. The molecule has 1 aromatic rings. The summed E-state index contributed by atoms with van der Waals surface area (Å²) in [5.41, 5.74) is 0.687. The Morgan fingerprint density at radius 2 is 2.00 bits per heavy atom. The third-order valence-electron chi connectivity index (χ3n) is 3.38. The van der Waals surface area contributed by atoms with Crippen LogP contribution in [0.15, 0.2) is 11.4 Å². The summed E-state index contributed by atoms with van der Waals surface area (Å²) in [6, 6.07) is 1.81. The van der Waals surface area contributed by atoms with Gasteiger partial charge in [-0.15, -0.1) is 11.3 Å². The maximum absolute atomic E-state index is 12.2. The Labute approximate surface area is 125 Å². The van der Waals surface area contributed by atoms with Crippen molar-refractivity contribution in [2.75, 3.05) is 13.2 Å². The van der Waals surface area contributed by atoms with E-state index in [2.05, 4.69) is 44.9 Å². The molecule has 0 aliphatic rings. The van der Waals surface area contributed by atoms with Crippen molar-refractivity contribution >= 4 is 17.2 Å². The minimum absolute atomic E-state index is 0.0754. The monoisotopic (exact) mass is 293 g/mol. The fourth-order valence-electron chi connectivity index (χ4n) is 2.25. The first-order chi connectivity index (χ1) is 9.47. The van der Waals surface area contributed by atoms with Crippen LogP contribution >= 0.6 is 11.3 Å². The van der Waals surface area contributed by atoms with Gasteiger partial charge in [-0.05, 0) is 29.2 Å². The minimum Gasteiger partial charge on any atom is -0.384 e. The number of amides is 1. The van der Waals surface area contributed by atoms with Gasteiger partial charge in [-0.25, -0.2) is 0 Å². The molecule has 0 saturated carbocycles. The second-order valence-electron chi connectivity index (χ2n) is 5.49.